The molecule has 3 aromatic carbocycles. The van der Waals surface area contributed by atoms with Gasteiger partial charge in [-0.1, -0.05) is 90.7 Å². The fourth-order valence-electron chi connectivity index (χ4n) is 3.02. The molecule has 0 radical (unpaired) electrons. The molecule has 2 nitrogen and oxygen atoms in total. The zero-order valence-electron chi connectivity index (χ0n) is 16.0. The number of allylic oxidation sites excluding steroid dienone is 1. The van der Waals surface area contributed by atoms with Crippen molar-refractivity contribution < 1.29 is 9.59 Å². The van der Waals surface area contributed by atoms with Crippen LogP contribution in [0.25, 0.3) is 6.08 Å². The summed E-state index contributed by atoms with van der Waals surface area (Å²) in [6.07, 6.45) is 3.98. The first-order valence-electron chi connectivity index (χ1n) is 9.74. The van der Waals surface area contributed by atoms with Gasteiger partial charge in [-0.05, 0) is 30.5 Å². The molecule has 1 aliphatic carbocycles. The maximum absolute atomic E-state index is 13.2. The Balaban J connectivity index is 1.80. The van der Waals surface area contributed by atoms with Gasteiger partial charge in [0.15, 0.2) is 11.6 Å². The molecule has 140 valence electrons. The molecular formula is C27H20O2. The molecule has 0 spiro atoms. The predicted molar refractivity (Wildman–Crippen MR) is 116 cm³/mol. The summed E-state index contributed by atoms with van der Waals surface area (Å²) in [6, 6.07) is 25.5. The van der Waals surface area contributed by atoms with Crippen LogP contribution in [0.1, 0.15) is 44.7 Å². The normalized spacial score (nSPS) is 12.4. The number of carbonyl (C=O) groups excluding carboxylic acids is 2. The van der Waals surface area contributed by atoms with E-state index in [1.54, 1.807) is 54.6 Å². The second-order valence-electron chi connectivity index (χ2n) is 7.08. The number of hydrogen-bond acceptors (Lipinski definition) is 2. The van der Waals surface area contributed by atoms with Gasteiger partial charge in [-0.2, -0.15) is 0 Å². The lowest BCUT2D eigenvalue weighted by atomic mass is 9.93. The molecule has 0 aliphatic heterocycles. The summed E-state index contributed by atoms with van der Waals surface area (Å²) in [5, 5.41) is 0. The van der Waals surface area contributed by atoms with Crippen molar-refractivity contribution >= 4 is 17.6 Å². The van der Waals surface area contributed by atoms with Gasteiger partial charge in [0.1, 0.15) is 0 Å². The van der Waals surface area contributed by atoms with Gasteiger partial charge in [-0.15, -0.1) is 0 Å². The van der Waals surface area contributed by atoms with E-state index in [9.17, 15) is 9.59 Å². The largest absolute Gasteiger partial charge is 0.288 e. The van der Waals surface area contributed by atoms with E-state index in [-0.39, 0.29) is 17.1 Å². The van der Waals surface area contributed by atoms with Crippen molar-refractivity contribution in [3.8, 4) is 11.8 Å². The number of rotatable bonds is 5. The molecule has 1 fully saturated rings. The molecule has 1 aliphatic rings. The monoisotopic (exact) mass is 376 g/mol. The topological polar surface area (TPSA) is 34.1 Å². The maximum Gasteiger partial charge on any atom is 0.196 e. The lowest BCUT2D eigenvalue weighted by molar-refractivity contribution is 0.0964. The van der Waals surface area contributed by atoms with Crippen LogP contribution in [0.4, 0.5) is 0 Å². The standard InChI is InChI=1S/C27H20O2/c28-26(22-10-3-1-4-11-22)25(27(29)23-12-5-2-6-13-23)19-24-14-8-7-9-21(24)18-17-20-15-16-20/h1-14,19-20H,15-16H2. The zero-order chi connectivity index (χ0) is 20.1. The Morgan fingerprint density at radius 3 is 1.79 bits per heavy atom. The second kappa shape index (κ2) is 8.54. The molecule has 2 heteroatoms. The third-order valence-corrected chi connectivity index (χ3v) is 4.81. The average molecular weight is 376 g/mol. The molecule has 0 N–H and O–H groups in total. The Bertz CT molecular complexity index is 1070. The predicted octanol–water partition coefficient (Wildman–Crippen LogP) is 5.60. The van der Waals surface area contributed by atoms with Crippen molar-refractivity contribution in [2.24, 2.45) is 5.92 Å². The molecule has 0 saturated heterocycles. The van der Waals surface area contributed by atoms with E-state index >= 15 is 0 Å². The van der Waals surface area contributed by atoms with E-state index in [4.69, 9.17) is 0 Å². The molecule has 1 saturated carbocycles. The number of ketones is 2. The summed E-state index contributed by atoms with van der Waals surface area (Å²) in [6.45, 7) is 0. The van der Waals surface area contributed by atoms with Gasteiger partial charge < -0.3 is 0 Å². The Morgan fingerprint density at radius 2 is 1.24 bits per heavy atom. The second-order valence-corrected chi connectivity index (χ2v) is 7.08. The van der Waals surface area contributed by atoms with Crippen LogP contribution in [0.15, 0.2) is 90.5 Å². The lowest BCUT2D eigenvalue weighted by Crippen LogP contribution is -2.14. The maximum atomic E-state index is 13.2. The first-order chi connectivity index (χ1) is 14.2. The number of Topliss-reactive ketones (excluding diaryl/α,β-unsaturated/α-hetero) is 2. The highest BCUT2D eigenvalue weighted by Gasteiger charge is 2.22. The van der Waals surface area contributed by atoms with E-state index in [0.29, 0.717) is 17.0 Å². The molecule has 0 aromatic heterocycles. The van der Waals surface area contributed by atoms with Gasteiger partial charge in [-0.25, -0.2) is 0 Å². The fourth-order valence-corrected chi connectivity index (χ4v) is 3.02. The fraction of sp³-hybridized carbons (Fsp3) is 0.111. The van der Waals surface area contributed by atoms with Gasteiger partial charge in [0.05, 0.1) is 5.57 Å². The van der Waals surface area contributed by atoms with Gasteiger partial charge in [0.2, 0.25) is 0 Å². The van der Waals surface area contributed by atoms with Gasteiger partial charge >= 0.3 is 0 Å². The molecule has 3 aromatic rings. The molecule has 0 heterocycles. The van der Waals surface area contributed by atoms with E-state index in [0.717, 1.165) is 24.0 Å². The first kappa shape index (κ1) is 18.7. The third kappa shape index (κ3) is 4.59. The lowest BCUT2D eigenvalue weighted by Gasteiger charge is -2.08. The Labute approximate surface area is 170 Å². The average Bonchev–Trinajstić information content (AvgIpc) is 3.61. The van der Waals surface area contributed by atoms with Crippen LogP contribution in [0, 0.1) is 17.8 Å². The highest BCUT2D eigenvalue weighted by atomic mass is 16.1. The quantitative estimate of drug-likeness (QED) is 0.191. The van der Waals surface area contributed by atoms with E-state index in [1.807, 2.05) is 36.4 Å². The Morgan fingerprint density at radius 1 is 0.724 bits per heavy atom. The van der Waals surface area contributed by atoms with Crippen molar-refractivity contribution in [3.05, 3.63) is 113 Å². The Kier molecular flexibility index (Phi) is 5.49. The van der Waals surface area contributed by atoms with Crippen molar-refractivity contribution in [2.75, 3.05) is 0 Å². The van der Waals surface area contributed by atoms with Crippen molar-refractivity contribution in [1.29, 1.82) is 0 Å². The SMILES string of the molecule is O=C(C(=Cc1ccccc1C#CC1CC1)C(=O)c1ccccc1)c1ccccc1. The van der Waals surface area contributed by atoms with Gasteiger partial charge in [0.25, 0.3) is 0 Å². The van der Waals surface area contributed by atoms with Gasteiger partial charge in [-0.3, -0.25) is 9.59 Å². The number of hydrogen-bond donors (Lipinski definition) is 0. The minimum absolute atomic E-state index is 0.142. The van der Waals surface area contributed by atoms with E-state index in [1.165, 1.54) is 0 Å². The van der Waals surface area contributed by atoms with Crippen LogP contribution in [-0.2, 0) is 0 Å². The highest BCUT2D eigenvalue weighted by molar-refractivity contribution is 6.33. The first-order valence-corrected chi connectivity index (χ1v) is 9.74. The molecular weight excluding hydrogens is 356 g/mol. The summed E-state index contributed by atoms with van der Waals surface area (Å²) < 4.78 is 0. The molecule has 0 atom stereocenters. The van der Waals surface area contributed by atoms with Crippen molar-refractivity contribution in [3.63, 3.8) is 0 Å². The highest BCUT2D eigenvalue weighted by Crippen LogP contribution is 2.28. The zero-order valence-corrected chi connectivity index (χ0v) is 16.0. The van der Waals surface area contributed by atoms with Crippen LogP contribution in [0.5, 0.6) is 0 Å². The molecule has 29 heavy (non-hydrogen) atoms. The van der Waals surface area contributed by atoms with Crippen LogP contribution in [0.2, 0.25) is 0 Å². The van der Waals surface area contributed by atoms with Crippen LogP contribution >= 0.6 is 0 Å². The molecule has 0 amide bonds. The number of benzene rings is 3. The molecule has 0 unspecified atom stereocenters. The van der Waals surface area contributed by atoms with Crippen LogP contribution in [0.3, 0.4) is 0 Å². The van der Waals surface area contributed by atoms with Crippen LogP contribution < -0.4 is 0 Å². The number of carbonyl (C=O) groups is 2. The summed E-state index contributed by atoms with van der Waals surface area (Å²) in [7, 11) is 0. The van der Waals surface area contributed by atoms with E-state index < -0.39 is 0 Å². The summed E-state index contributed by atoms with van der Waals surface area (Å²) in [5.41, 5.74) is 2.74. The summed E-state index contributed by atoms with van der Waals surface area (Å²) in [4.78, 5) is 26.5. The minimum Gasteiger partial charge on any atom is -0.288 e. The smallest absolute Gasteiger partial charge is 0.196 e. The minimum atomic E-state index is -0.288. The van der Waals surface area contributed by atoms with E-state index in [2.05, 4.69) is 11.8 Å². The molecule has 0 bridgehead atoms. The summed E-state index contributed by atoms with van der Waals surface area (Å²) >= 11 is 0. The van der Waals surface area contributed by atoms with Crippen molar-refractivity contribution in [1.82, 2.24) is 0 Å². The molecule has 4 rings (SSSR count). The van der Waals surface area contributed by atoms with Gasteiger partial charge in [0, 0.05) is 22.6 Å². The van der Waals surface area contributed by atoms with Crippen molar-refractivity contribution in [2.45, 2.75) is 12.8 Å². The third-order valence-electron chi connectivity index (χ3n) is 4.81. The summed E-state index contributed by atoms with van der Waals surface area (Å²) in [5.74, 6) is 6.38. The van der Waals surface area contributed by atoms with Crippen LogP contribution in [-0.4, -0.2) is 11.6 Å². The Hall–Kier alpha value is -3.70.